The third-order valence-corrected chi connectivity index (χ3v) is 10.0. The van der Waals surface area contributed by atoms with Crippen molar-refractivity contribution in [1.29, 1.82) is 0 Å². The molecule has 1 amide bonds. The summed E-state index contributed by atoms with van der Waals surface area (Å²) in [5.41, 5.74) is 2.83. The molecule has 10 heteroatoms. The van der Waals surface area contributed by atoms with Gasteiger partial charge in [-0.25, -0.2) is 4.98 Å². The van der Waals surface area contributed by atoms with Crippen LogP contribution in [0.3, 0.4) is 0 Å². The molecule has 5 rings (SSSR count). The second-order valence-corrected chi connectivity index (χ2v) is 13.0. The number of carbonyl (C=O) groups is 1. The fourth-order valence-electron chi connectivity index (χ4n) is 6.46. The lowest BCUT2D eigenvalue weighted by Crippen LogP contribution is -2.35. The number of para-hydroxylation sites is 2. The summed E-state index contributed by atoms with van der Waals surface area (Å²) < 4.78 is 18.9. The molecule has 2 aromatic heterocycles. The van der Waals surface area contributed by atoms with Crippen LogP contribution in [-0.4, -0.2) is 92.9 Å². The molecule has 0 radical (unpaired) electrons. The third kappa shape index (κ3) is 7.78. The van der Waals surface area contributed by atoms with E-state index in [-0.39, 0.29) is 11.8 Å². The highest BCUT2D eigenvalue weighted by molar-refractivity contribution is 7.10. The van der Waals surface area contributed by atoms with Gasteiger partial charge in [0.15, 0.2) is 11.5 Å². The van der Waals surface area contributed by atoms with Gasteiger partial charge in [0.05, 0.1) is 32.4 Å². The summed E-state index contributed by atoms with van der Waals surface area (Å²) >= 11 is 1.77. The molecule has 1 unspecified atom stereocenters. The van der Waals surface area contributed by atoms with E-state index in [1.807, 2.05) is 11.9 Å². The number of likely N-dealkylation sites (N-methyl/N-ethyl adjacent to an activating group) is 1. The van der Waals surface area contributed by atoms with Gasteiger partial charge >= 0.3 is 0 Å². The summed E-state index contributed by atoms with van der Waals surface area (Å²) in [4.78, 5) is 26.9. The number of rotatable bonds is 15. The molecular weight excluding hydrogens is 598 g/mol. The minimum absolute atomic E-state index is 0.0759. The van der Waals surface area contributed by atoms with Crippen LogP contribution in [0.2, 0.25) is 0 Å². The number of hydrogen-bond donors (Lipinski definition) is 0. The molecule has 4 aromatic rings. The number of nitrogens with zero attached hydrogens (tertiary/aromatic N) is 5. The van der Waals surface area contributed by atoms with Crippen LogP contribution in [0.5, 0.6) is 17.2 Å². The first kappa shape index (κ1) is 33.6. The number of ether oxygens (including phenoxy) is 3. The van der Waals surface area contributed by atoms with Crippen molar-refractivity contribution in [1.82, 2.24) is 19.4 Å². The first-order chi connectivity index (χ1) is 22.5. The first-order valence-corrected chi connectivity index (χ1v) is 17.4. The lowest BCUT2D eigenvalue weighted by molar-refractivity contribution is 0.0782. The van der Waals surface area contributed by atoms with Gasteiger partial charge in [0, 0.05) is 56.1 Å². The smallest absolute Gasteiger partial charge is 0.253 e. The molecule has 1 saturated heterocycles. The van der Waals surface area contributed by atoms with E-state index in [2.05, 4.69) is 63.1 Å². The van der Waals surface area contributed by atoms with E-state index >= 15 is 0 Å². The van der Waals surface area contributed by atoms with Crippen molar-refractivity contribution < 1.29 is 19.0 Å². The normalized spacial score (nSPS) is 14.7. The largest absolute Gasteiger partial charge is 0.493 e. The van der Waals surface area contributed by atoms with Gasteiger partial charge in [-0.1, -0.05) is 38.0 Å². The highest BCUT2D eigenvalue weighted by Gasteiger charge is 2.25. The molecule has 9 nitrogen and oxygen atoms in total. The van der Waals surface area contributed by atoms with Gasteiger partial charge in [0.1, 0.15) is 0 Å². The number of fused-ring (bicyclic) bond motifs is 1. The zero-order valence-corrected chi connectivity index (χ0v) is 28.9. The SMILES string of the molecule is CCCCCn1c(N2CCCN(CCC(CN(C)C(=O)c3cc(OC)c(OC)c(OC)c3)c3cccs3)CC2)nc2ccccc21. The number of anilines is 1. The molecular formula is C36H49N5O4S. The van der Waals surface area contributed by atoms with Crippen molar-refractivity contribution in [2.45, 2.75) is 51.5 Å². The van der Waals surface area contributed by atoms with Crippen molar-refractivity contribution in [2.24, 2.45) is 0 Å². The van der Waals surface area contributed by atoms with Gasteiger partial charge in [0.2, 0.25) is 11.7 Å². The van der Waals surface area contributed by atoms with Crippen LogP contribution in [0.25, 0.3) is 11.0 Å². The minimum Gasteiger partial charge on any atom is -0.493 e. The standard InChI is InChI=1S/C36H49N5O4S/c1-6-7-10-19-41-30-14-9-8-13-29(30)37-36(41)40-18-12-17-39(21-22-40)20-16-27(33-15-11-23-46-33)26-38(2)35(42)28-24-31(43-3)34(45-5)32(25-28)44-4/h8-9,11,13-15,23-25,27H,6-7,10,12,16-22,26H2,1-5H3. The predicted octanol–water partition coefficient (Wildman–Crippen LogP) is 6.77. The number of unbranched alkanes of at least 4 members (excludes halogenated alkanes) is 2. The van der Waals surface area contributed by atoms with Gasteiger partial charge in [-0.3, -0.25) is 4.79 Å². The lowest BCUT2D eigenvalue weighted by Gasteiger charge is -2.27. The summed E-state index contributed by atoms with van der Waals surface area (Å²) in [6.45, 7) is 8.89. The number of thiophene rings is 1. The van der Waals surface area contributed by atoms with E-state index in [9.17, 15) is 4.79 Å². The van der Waals surface area contributed by atoms with E-state index in [0.717, 1.165) is 63.6 Å². The van der Waals surface area contributed by atoms with Crippen LogP contribution < -0.4 is 19.1 Å². The molecule has 1 aliphatic heterocycles. The minimum atomic E-state index is -0.0759. The van der Waals surface area contributed by atoms with Gasteiger partial charge in [0.25, 0.3) is 5.91 Å². The molecule has 1 fully saturated rings. The quantitative estimate of drug-likeness (QED) is 0.132. The molecule has 0 aliphatic carbocycles. The Labute approximate surface area is 277 Å². The number of hydrogen-bond acceptors (Lipinski definition) is 8. The Kier molecular flexibility index (Phi) is 11.8. The average Bonchev–Trinajstić information content (AvgIpc) is 3.69. The number of aryl methyl sites for hydroxylation is 1. The number of aromatic nitrogens is 2. The topological polar surface area (TPSA) is 72.3 Å². The molecule has 0 N–H and O–H groups in total. The summed E-state index contributed by atoms with van der Waals surface area (Å²) in [7, 11) is 6.57. The lowest BCUT2D eigenvalue weighted by atomic mass is 10.0. The van der Waals surface area contributed by atoms with Crippen molar-refractivity contribution >= 4 is 34.2 Å². The number of methoxy groups -OCH3 is 3. The second-order valence-electron chi connectivity index (χ2n) is 12.0. The first-order valence-electron chi connectivity index (χ1n) is 16.5. The van der Waals surface area contributed by atoms with Crippen LogP contribution in [0.1, 0.15) is 60.2 Å². The van der Waals surface area contributed by atoms with Crippen LogP contribution in [-0.2, 0) is 6.54 Å². The fraction of sp³-hybridized carbons (Fsp3) is 0.500. The number of carbonyl (C=O) groups excluding carboxylic acids is 1. The Bertz CT molecular complexity index is 1530. The monoisotopic (exact) mass is 647 g/mol. The molecule has 0 spiro atoms. The van der Waals surface area contributed by atoms with Crippen LogP contribution in [0.15, 0.2) is 53.9 Å². The molecule has 46 heavy (non-hydrogen) atoms. The predicted molar refractivity (Wildman–Crippen MR) is 187 cm³/mol. The number of imidazole rings is 1. The number of amides is 1. The van der Waals surface area contributed by atoms with E-state index in [1.54, 1.807) is 44.8 Å². The molecule has 248 valence electrons. The maximum absolute atomic E-state index is 13.6. The number of benzene rings is 2. The summed E-state index contributed by atoms with van der Waals surface area (Å²) in [6, 6.07) is 16.3. The van der Waals surface area contributed by atoms with Crippen molar-refractivity contribution in [3.8, 4) is 17.2 Å². The Balaban J connectivity index is 1.24. The van der Waals surface area contributed by atoms with Gasteiger partial charge in [-0.15, -0.1) is 11.3 Å². The highest BCUT2D eigenvalue weighted by atomic mass is 32.1. The Morgan fingerprint density at radius 1 is 0.957 bits per heavy atom. The Morgan fingerprint density at radius 2 is 1.74 bits per heavy atom. The fourth-order valence-corrected chi connectivity index (χ4v) is 7.32. The molecule has 3 heterocycles. The van der Waals surface area contributed by atoms with Crippen LogP contribution >= 0.6 is 11.3 Å². The Morgan fingerprint density at radius 3 is 2.43 bits per heavy atom. The van der Waals surface area contributed by atoms with E-state index in [0.29, 0.717) is 29.4 Å². The highest BCUT2D eigenvalue weighted by Crippen LogP contribution is 2.38. The van der Waals surface area contributed by atoms with Gasteiger partial charge in [-0.2, -0.15) is 0 Å². The second kappa shape index (κ2) is 16.2. The van der Waals surface area contributed by atoms with E-state index < -0.39 is 0 Å². The van der Waals surface area contributed by atoms with E-state index in [4.69, 9.17) is 19.2 Å². The van der Waals surface area contributed by atoms with Gasteiger partial charge in [-0.05, 0) is 68.1 Å². The van der Waals surface area contributed by atoms with Crippen molar-refractivity contribution in [3.63, 3.8) is 0 Å². The zero-order valence-electron chi connectivity index (χ0n) is 28.0. The average molecular weight is 648 g/mol. The Hall–Kier alpha value is -3.76. The van der Waals surface area contributed by atoms with Crippen molar-refractivity contribution in [3.05, 3.63) is 64.4 Å². The third-order valence-electron chi connectivity index (χ3n) is 8.98. The molecule has 2 aromatic carbocycles. The van der Waals surface area contributed by atoms with Crippen molar-refractivity contribution in [2.75, 3.05) is 72.5 Å². The zero-order chi connectivity index (χ0) is 32.5. The summed E-state index contributed by atoms with van der Waals surface area (Å²) in [6.07, 6.45) is 5.69. The molecule has 1 atom stereocenters. The molecule has 0 saturated carbocycles. The van der Waals surface area contributed by atoms with Crippen LogP contribution in [0, 0.1) is 0 Å². The molecule has 0 bridgehead atoms. The van der Waals surface area contributed by atoms with E-state index in [1.165, 1.54) is 29.7 Å². The summed E-state index contributed by atoms with van der Waals surface area (Å²) in [5.74, 6) is 2.69. The molecule has 1 aliphatic rings. The van der Waals surface area contributed by atoms with Crippen LogP contribution in [0.4, 0.5) is 5.95 Å². The summed E-state index contributed by atoms with van der Waals surface area (Å²) in [5, 5.41) is 2.12. The maximum Gasteiger partial charge on any atom is 0.253 e. The van der Waals surface area contributed by atoms with Gasteiger partial charge < -0.3 is 33.5 Å². The maximum atomic E-state index is 13.6.